The van der Waals surface area contributed by atoms with Crippen LogP contribution in [-0.2, 0) is 9.53 Å². The number of ether oxygens (including phenoxy) is 1. The Bertz CT molecular complexity index is 546. The zero-order chi connectivity index (χ0) is 14.1. The molecule has 0 aromatic heterocycles. The largest absolute Gasteiger partial charge is 0.379 e. The topological polar surface area (TPSA) is 66.8 Å². The Hall–Kier alpha value is -1.23. The summed E-state index contributed by atoms with van der Waals surface area (Å²) in [5.41, 5.74) is -0.740. The predicted octanol–water partition coefficient (Wildman–Crippen LogP) is 1.10. The maximum atomic E-state index is 11.9. The van der Waals surface area contributed by atoms with E-state index < -0.39 is 16.8 Å². The average Bonchev–Trinajstić information content (AvgIpc) is 2.56. The molecule has 0 saturated carbocycles. The van der Waals surface area contributed by atoms with Crippen molar-refractivity contribution >= 4 is 5.78 Å². The van der Waals surface area contributed by atoms with Crippen molar-refractivity contribution in [1.82, 2.24) is 0 Å². The maximum Gasteiger partial charge on any atom is 0.220 e. The average molecular weight is 262 g/mol. The molecule has 1 heterocycles. The number of carbonyl (C=O) groups excluding carboxylic acids is 1. The fraction of sp³-hybridized carbons (Fsp3) is 0.533. The predicted molar refractivity (Wildman–Crippen MR) is 69.1 cm³/mol. The molecule has 0 aromatic rings. The van der Waals surface area contributed by atoms with E-state index in [1.807, 2.05) is 13.8 Å². The van der Waals surface area contributed by atoms with Crippen molar-refractivity contribution in [3.8, 4) is 0 Å². The van der Waals surface area contributed by atoms with Gasteiger partial charge in [0.05, 0.1) is 6.61 Å². The van der Waals surface area contributed by atoms with Crippen LogP contribution in [0, 0.1) is 11.3 Å². The fourth-order valence-electron chi connectivity index (χ4n) is 3.38. The minimum absolute atomic E-state index is 0.0400. The van der Waals surface area contributed by atoms with Crippen LogP contribution in [0.25, 0.3) is 0 Å². The molecule has 19 heavy (non-hydrogen) atoms. The van der Waals surface area contributed by atoms with Crippen LogP contribution >= 0.6 is 0 Å². The van der Waals surface area contributed by atoms with Crippen LogP contribution in [0.15, 0.2) is 36.0 Å². The van der Waals surface area contributed by atoms with E-state index in [2.05, 4.69) is 6.58 Å². The number of fused-ring (bicyclic) bond motifs is 2. The molecule has 1 fully saturated rings. The molecule has 3 rings (SSSR count). The number of hydrogen-bond donors (Lipinski definition) is 2. The Morgan fingerprint density at radius 1 is 1.42 bits per heavy atom. The normalized spacial score (nSPS) is 48.8. The van der Waals surface area contributed by atoms with Crippen LogP contribution in [0.1, 0.15) is 20.3 Å². The number of rotatable bonds is 0. The van der Waals surface area contributed by atoms with Crippen molar-refractivity contribution in [1.29, 1.82) is 0 Å². The molecule has 0 aromatic carbocycles. The van der Waals surface area contributed by atoms with E-state index in [0.29, 0.717) is 5.57 Å². The minimum atomic E-state index is -1.73. The number of ketones is 1. The lowest BCUT2D eigenvalue weighted by atomic mass is 9.57. The second-order valence-electron chi connectivity index (χ2n) is 6.10. The third-order valence-electron chi connectivity index (χ3n) is 5.09. The molecule has 102 valence electrons. The summed E-state index contributed by atoms with van der Waals surface area (Å²) < 4.78 is 5.33. The molecule has 1 saturated heterocycles. The molecule has 1 aliphatic heterocycles. The van der Waals surface area contributed by atoms with Crippen molar-refractivity contribution in [2.45, 2.75) is 31.7 Å². The van der Waals surface area contributed by atoms with Crippen LogP contribution in [0.3, 0.4) is 0 Å². The van der Waals surface area contributed by atoms with E-state index in [1.54, 1.807) is 6.08 Å². The van der Waals surface area contributed by atoms with Crippen LogP contribution in [0.5, 0.6) is 0 Å². The smallest absolute Gasteiger partial charge is 0.220 e. The number of aliphatic hydroxyl groups is 2. The first-order chi connectivity index (χ1) is 8.73. The number of carbonyl (C=O) groups is 1. The maximum absolute atomic E-state index is 11.9. The summed E-state index contributed by atoms with van der Waals surface area (Å²) in [4.78, 5) is 11.9. The van der Waals surface area contributed by atoms with Crippen LogP contribution in [0.2, 0.25) is 0 Å². The number of allylic oxidation sites excluding steroid dienone is 3. The lowest BCUT2D eigenvalue weighted by Gasteiger charge is -2.50. The molecule has 0 amide bonds. The highest BCUT2D eigenvalue weighted by molar-refractivity contribution is 5.94. The first-order valence-corrected chi connectivity index (χ1v) is 6.45. The summed E-state index contributed by atoms with van der Waals surface area (Å²) in [6, 6.07) is 0. The van der Waals surface area contributed by atoms with Gasteiger partial charge in [-0.1, -0.05) is 26.5 Å². The highest BCUT2D eigenvalue weighted by atomic mass is 16.6. The van der Waals surface area contributed by atoms with Gasteiger partial charge in [-0.05, 0) is 29.7 Å². The second-order valence-corrected chi connectivity index (χ2v) is 6.10. The van der Waals surface area contributed by atoms with Crippen LogP contribution < -0.4 is 0 Å². The standard InChI is InChI=1S/C15H18O4/c1-9-7-19-15(18)6-11-4-5-12(16)10(2)13(11,3)8-14(9,15)17/h4-6,10,17-18H,1,7-8H2,2-3H3. The van der Waals surface area contributed by atoms with E-state index in [9.17, 15) is 15.0 Å². The third kappa shape index (κ3) is 1.37. The minimum Gasteiger partial charge on any atom is -0.379 e. The van der Waals surface area contributed by atoms with Crippen LogP contribution in [0.4, 0.5) is 0 Å². The summed E-state index contributed by atoms with van der Waals surface area (Å²) in [5.74, 6) is -1.94. The van der Waals surface area contributed by atoms with Gasteiger partial charge in [-0.25, -0.2) is 0 Å². The van der Waals surface area contributed by atoms with Gasteiger partial charge in [0, 0.05) is 11.3 Å². The fourth-order valence-corrected chi connectivity index (χ4v) is 3.38. The van der Waals surface area contributed by atoms with Gasteiger partial charge >= 0.3 is 0 Å². The van der Waals surface area contributed by atoms with E-state index in [0.717, 1.165) is 5.57 Å². The Morgan fingerprint density at radius 2 is 2.11 bits per heavy atom. The summed E-state index contributed by atoms with van der Waals surface area (Å²) in [5, 5.41) is 21.3. The Balaban J connectivity index is 2.20. The highest BCUT2D eigenvalue weighted by Crippen LogP contribution is 2.56. The van der Waals surface area contributed by atoms with Crippen molar-refractivity contribution in [2.24, 2.45) is 11.3 Å². The summed E-state index contributed by atoms with van der Waals surface area (Å²) in [6.45, 7) is 7.72. The van der Waals surface area contributed by atoms with Gasteiger partial charge < -0.3 is 14.9 Å². The monoisotopic (exact) mass is 262 g/mol. The van der Waals surface area contributed by atoms with Crippen molar-refractivity contribution in [2.75, 3.05) is 6.61 Å². The van der Waals surface area contributed by atoms with E-state index in [4.69, 9.17) is 4.74 Å². The summed E-state index contributed by atoms with van der Waals surface area (Å²) >= 11 is 0. The molecule has 4 nitrogen and oxygen atoms in total. The molecular formula is C15H18O4. The zero-order valence-corrected chi connectivity index (χ0v) is 11.1. The van der Waals surface area contributed by atoms with Crippen molar-refractivity contribution in [3.63, 3.8) is 0 Å². The van der Waals surface area contributed by atoms with Gasteiger partial charge in [0.1, 0.15) is 5.60 Å². The quantitative estimate of drug-likeness (QED) is 0.642. The van der Waals surface area contributed by atoms with Crippen molar-refractivity contribution in [3.05, 3.63) is 36.0 Å². The summed E-state index contributed by atoms with van der Waals surface area (Å²) in [7, 11) is 0. The second kappa shape index (κ2) is 3.45. The molecule has 4 unspecified atom stereocenters. The van der Waals surface area contributed by atoms with E-state index in [-0.39, 0.29) is 24.7 Å². The molecule has 2 aliphatic carbocycles. The van der Waals surface area contributed by atoms with Gasteiger partial charge in [0.15, 0.2) is 5.78 Å². The first kappa shape index (κ1) is 12.8. The lowest BCUT2D eigenvalue weighted by Crippen LogP contribution is -2.58. The molecule has 3 aliphatic rings. The molecule has 4 heteroatoms. The van der Waals surface area contributed by atoms with E-state index in [1.165, 1.54) is 12.2 Å². The van der Waals surface area contributed by atoms with Gasteiger partial charge in [-0.2, -0.15) is 0 Å². The molecule has 0 spiro atoms. The number of hydrogen-bond acceptors (Lipinski definition) is 4. The Morgan fingerprint density at radius 3 is 2.79 bits per heavy atom. The van der Waals surface area contributed by atoms with Gasteiger partial charge in [0.2, 0.25) is 5.79 Å². The lowest BCUT2D eigenvalue weighted by molar-refractivity contribution is -0.232. The van der Waals surface area contributed by atoms with Gasteiger partial charge in [-0.3, -0.25) is 4.79 Å². The third-order valence-corrected chi connectivity index (χ3v) is 5.09. The molecular weight excluding hydrogens is 244 g/mol. The van der Waals surface area contributed by atoms with Gasteiger partial charge in [-0.15, -0.1) is 0 Å². The van der Waals surface area contributed by atoms with Crippen molar-refractivity contribution < 1.29 is 19.7 Å². The first-order valence-electron chi connectivity index (χ1n) is 6.45. The molecule has 0 bridgehead atoms. The van der Waals surface area contributed by atoms with Gasteiger partial charge in [0.25, 0.3) is 0 Å². The summed E-state index contributed by atoms with van der Waals surface area (Å²) in [6.07, 6.45) is 5.01. The molecule has 4 atom stereocenters. The Kier molecular flexibility index (Phi) is 2.32. The highest BCUT2D eigenvalue weighted by Gasteiger charge is 2.63. The zero-order valence-electron chi connectivity index (χ0n) is 11.1. The van der Waals surface area contributed by atoms with E-state index >= 15 is 0 Å². The molecule has 0 radical (unpaired) electrons. The molecule has 2 N–H and O–H groups in total. The Labute approximate surface area is 112 Å². The SMILES string of the molecule is C=C1COC2(O)C=C3C=CC(=O)C(C)C3(C)CC12O. The van der Waals surface area contributed by atoms with Crippen LogP contribution in [-0.4, -0.2) is 34.0 Å².